The van der Waals surface area contributed by atoms with E-state index in [4.69, 9.17) is 15.2 Å². The molecule has 8 heteroatoms. The number of nitrogens with one attached hydrogen (secondary N) is 1. The molecule has 0 saturated carbocycles. The third-order valence-corrected chi connectivity index (χ3v) is 4.34. The number of ether oxygens (including phenoxy) is 2. The highest BCUT2D eigenvalue weighted by atomic mass is 79.9. The molecule has 1 aliphatic rings. The third-order valence-electron chi connectivity index (χ3n) is 3.72. The summed E-state index contributed by atoms with van der Waals surface area (Å²) in [4.78, 5) is 19.3. The fraction of sp³-hybridized carbons (Fsp3) is 0.188. The van der Waals surface area contributed by atoms with Crippen molar-refractivity contribution in [1.82, 2.24) is 9.97 Å². The molecule has 0 amide bonds. The van der Waals surface area contributed by atoms with E-state index >= 15 is 0 Å². The van der Waals surface area contributed by atoms with Gasteiger partial charge in [-0.1, -0.05) is 6.07 Å². The lowest BCUT2D eigenvalue weighted by molar-refractivity contribution is 0.373. The Kier molecular flexibility index (Phi) is 4.03. The standard InChI is InChI=1S/C16H13BrN4O3/c1-7-20-15(22)13-12(8-3-4-11(23-2)10(17)5-8)9(6-18)14(19)24-16(13)21-7/h3-5,12H,19H2,1-2H3,(H,20,21,22). The first-order valence-electron chi connectivity index (χ1n) is 6.98. The average Bonchev–Trinajstić information content (AvgIpc) is 2.53. The number of nitrogens with zero attached hydrogens (tertiary/aromatic N) is 2. The van der Waals surface area contributed by atoms with Gasteiger partial charge in [0.25, 0.3) is 5.56 Å². The Bertz CT molecular complexity index is 959. The minimum absolute atomic E-state index is 0.0561. The SMILES string of the molecule is COc1ccc(C2C(C#N)=C(N)Oc3nc(C)[nH]c(=O)c32)cc1Br. The van der Waals surface area contributed by atoms with Crippen molar-refractivity contribution in [1.29, 1.82) is 5.26 Å². The number of nitrogens with two attached hydrogens (primary N) is 1. The van der Waals surface area contributed by atoms with Crippen molar-refractivity contribution >= 4 is 15.9 Å². The van der Waals surface area contributed by atoms with Gasteiger partial charge in [0.15, 0.2) is 0 Å². The maximum Gasteiger partial charge on any atom is 0.258 e. The van der Waals surface area contributed by atoms with Crippen molar-refractivity contribution in [3.63, 3.8) is 0 Å². The van der Waals surface area contributed by atoms with Crippen LogP contribution in [0.25, 0.3) is 0 Å². The van der Waals surface area contributed by atoms with Gasteiger partial charge in [0.05, 0.1) is 23.1 Å². The van der Waals surface area contributed by atoms with Crippen LogP contribution < -0.4 is 20.8 Å². The van der Waals surface area contributed by atoms with E-state index in [1.54, 1.807) is 32.2 Å². The number of aromatic amines is 1. The zero-order chi connectivity index (χ0) is 17.4. The molecule has 0 fully saturated rings. The lowest BCUT2D eigenvalue weighted by atomic mass is 9.85. The van der Waals surface area contributed by atoms with Gasteiger partial charge in [-0.2, -0.15) is 10.2 Å². The Labute approximate surface area is 145 Å². The normalized spacial score (nSPS) is 16.2. The summed E-state index contributed by atoms with van der Waals surface area (Å²) in [5.74, 6) is 0.431. The van der Waals surface area contributed by atoms with Crippen LogP contribution >= 0.6 is 15.9 Å². The van der Waals surface area contributed by atoms with Gasteiger partial charge in [-0.05, 0) is 40.5 Å². The Balaban J connectivity index is 2.28. The maximum absolute atomic E-state index is 12.5. The highest BCUT2D eigenvalue weighted by molar-refractivity contribution is 9.10. The van der Waals surface area contributed by atoms with Gasteiger partial charge in [-0.25, -0.2) is 0 Å². The van der Waals surface area contributed by atoms with Crippen molar-refractivity contribution in [3.8, 4) is 17.7 Å². The molecule has 0 bridgehead atoms. The summed E-state index contributed by atoms with van der Waals surface area (Å²) in [7, 11) is 1.56. The smallest absolute Gasteiger partial charge is 0.258 e. The van der Waals surface area contributed by atoms with Gasteiger partial charge in [0, 0.05) is 0 Å². The molecule has 1 unspecified atom stereocenters. The Morgan fingerprint density at radius 3 is 2.88 bits per heavy atom. The number of aryl methyl sites for hydroxylation is 1. The van der Waals surface area contributed by atoms with Crippen molar-refractivity contribution in [2.45, 2.75) is 12.8 Å². The summed E-state index contributed by atoms with van der Waals surface area (Å²) in [6.07, 6.45) is 0. The van der Waals surface area contributed by atoms with Crippen molar-refractivity contribution in [2.75, 3.05) is 7.11 Å². The molecule has 1 aromatic heterocycles. The molecule has 3 N–H and O–H groups in total. The fourth-order valence-electron chi connectivity index (χ4n) is 2.66. The number of halogens is 1. The lowest BCUT2D eigenvalue weighted by Crippen LogP contribution is -2.29. The quantitative estimate of drug-likeness (QED) is 0.813. The van der Waals surface area contributed by atoms with Gasteiger partial charge in [-0.3, -0.25) is 4.79 Å². The van der Waals surface area contributed by atoms with Gasteiger partial charge < -0.3 is 20.2 Å². The molecular weight excluding hydrogens is 376 g/mol. The van der Waals surface area contributed by atoms with Gasteiger partial charge in [0.2, 0.25) is 11.8 Å². The van der Waals surface area contributed by atoms with Crippen LogP contribution in [0.15, 0.2) is 38.9 Å². The number of H-pyrrole nitrogens is 1. The molecule has 1 aromatic carbocycles. The summed E-state index contributed by atoms with van der Waals surface area (Å²) >= 11 is 3.41. The number of hydrogen-bond donors (Lipinski definition) is 2. The first-order chi connectivity index (χ1) is 11.5. The number of allylic oxidation sites excluding steroid dienone is 1. The molecule has 1 atom stereocenters. The van der Waals surface area contributed by atoms with E-state index in [9.17, 15) is 10.1 Å². The van der Waals surface area contributed by atoms with Gasteiger partial charge in [0.1, 0.15) is 23.2 Å². The highest BCUT2D eigenvalue weighted by Crippen LogP contribution is 2.40. The molecule has 24 heavy (non-hydrogen) atoms. The predicted octanol–water partition coefficient (Wildman–Crippen LogP) is 2.07. The zero-order valence-electron chi connectivity index (χ0n) is 12.9. The molecule has 1 aliphatic heterocycles. The summed E-state index contributed by atoms with van der Waals surface area (Å²) in [5, 5.41) is 9.50. The monoisotopic (exact) mass is 388 g/mol. The second-order valence-electron chi connectivity index (χ2n) is 5.19. The van der Waals surface area contributed by atoms with Crippen LogP contribution in [0.1, 0.15) is 22.9 Å². The third kappa shape index (κ3) is 2.53. The van der Waals surface area contributed by atoms with Crippen molar-refractivity contribution in [2.24, 2.45) is 5.73 Å². The molecule has 0 saturated heterocycles. The number of fused-ring (bicyclic) bond motifs is 1. The van der Waals surface area contributed by atoms with Gasteiger partial charge >= 0.3 is 0 Å². The van der Waals surface area contributed by atoms with E-state index < -0.39 is 5.92 Å². The van der Waals surface area contributed by atoms with Crippen molar-refractivity contribution < 1.29 is 9.47 Å². The second kappa shape index (κ2) is 6.02. The number of hydrogen-bond acceptors (Lipinski definition) is 6. The first-order valence-corrected chi connectivity index (χ1v) is 7.77. The van der Waals surface area contributed by atoms with E-state index in [-0.39, 0.29) is 28.5 Å². The summed E-state index contributed by atoms with van der Waals surface area (Å²) in [6, 6.07) is 7.33. The van der Waals surface area contributed by atoms with Crippen LogP contribution in [0.5, 0.6) is 11.6 Å². The fourth-order valence-corrected chi connectivity index (χ4v) is 3.22. The molecule has 0 radical (unpaired) electrons. The Morgan fingerprint density at radius 1 is 1.50 bits per heavy atom. The number of methoxy groups -OCH3 is 1. The molecular formula is C16H13BrN4O3. The van der Waals surface area contributed by atoms with Crippen LogP contribution in [0.3, 0.4) is 0 Å². The van der Waals surface area contributed by atoms with E-state index in [1.807, 2.05) is 6.07 Å². The Hall–Kier alpha value is -2.79. The molecule has 3 rings (SSSR count). The summed E-state index contributed by atoms with van der Waals surface area (Å²) in [6.45, 7) is 1.64. The largest absolute Gasteiger partial charge is 0.496 e. The minimum atomic E-state index is -0.669. The summed E-state index contributed by atoms with van der Waals surface area (Å²) < 4.78 is 11.3. The van der Waals surface area contributed by atoms with Crippen LogP contribution in [-0.2, 0) is 0 Å². The van der Waals surface area contributed by atoms with E-state index in [0.717, 1.165) is 0 Å². The van der Waals surface area contributed by atoms with Gasteiger partial charge in [-0.15, -0.1) is 0 Å². The number of benzene rings is 1. The van der Waals surface area contributed by atoms with Crippen LogP contribution in [-0.4, -0.2) is 17.1 Å². The molecule has 2 aromatic rings. The number of rotatable bonds is 2. The highest BCUT2D eigenvalue weighted by Gasteiger charge is 2.34. The number of nitriles is 1. The van der Waals surface area contributed by atoms with Crippen molar-refractivity contribution in [3.05, 3.63) is 61.4 Å². The van der Waals surface area contributed by atoms with E-state index in [2.05, 4.69) is 25.9 Å². The van der Waals surface area contributed by atoms with Crippen LogP contribution in [0, 0.1) is 18.3 Å². The molecule has 122 valence electrons. The second-order valence-corrected chi connectivity index (χ2v) is 6.04. The predicted molar refractivity (Wildman–Crippen MR) is 89.6 cm³/mol. The molecule has 0 aliphatic carbocycles. The number of aromatic nitrogens is 2. The average molecular weight is 389 g/mol. The first kappa shape index (κ1) is 16.1. The molecule has 2 heterocycles. The topological polar surface area (TPSA) is 114 Å². The maximum atomic E-state index is 12.5. The summed E-state index contributed by atoms with van der Waals surface area (Å²) in [5.41, 5.74) is 6.62. The molecule has 7 nitrogen and oxygen atoms in total. The lowest BCUT2D eigenvalue weighted by Gasteiger charge is -2.25. The van der Waals surface area contributed by atoms with E-state index in [1.165, 1.54) is 0 Å². The Morgan fingerprint density at radius 2 is 2.25 bits per heavy atom. The zero-order valence-corrected chi connectivity index (χ0v) is 14.5. The minimum Gasteiger partial charge on any atom is -0.496 e. The van der Waals surface area contributed by atoms with Crippen LogP contribution in [0.2, 0.25) is 0 Å². The van der Waals surface area contributed by atoms with E-state index in [0.29, 0.717) is 21.6 Å². The molecule has 0 spiro atoms. The van der Waals surface area contributed by atoms with Crippen LogP contribution in [0.4, 0.5) is 0 Å².